The molecular weight excluding hydrogens is 280 g/mol. The number of aromatic hydroxyl groups is 1. The molecule has 2 aromatic rings. The number of nitrogens with one attached hydrogen (secondary N) is 1. The Kier molecular flexibility index (Phi) is 3.99. The number of aryl methyl sites for hydroxylation is 1. The van der Waals surface area contributed by atoms with Crippen molar-refractivity contribution in [2.45, 2.75) is 13.3 Å². The Hall–Kier alpha value is -2.41. The number of anilines is 1. The van der Waals surface area contributed by atoms with E-state index in [1.54, 1.807) is 18.4 Å². The van der Waals surface area contributed by atoms with Gasteiger partial charge in [0.2, 0.25) is 0 Å². The summed E-state index contributed by atoms with van der Waals surface area (Å²) in [4.78, 5) is 26.5. The minimum absolute atomic E-state index is 0.107. The van der Waals surface area contributed by atoms with E-state index in [-0.39, 0.29) is 17.7 Å². The van der Waals surface area contributed by atoms with Crippen LogP contribution in [0.1, 0.15) is 21.6 Å². The van der Waals surface area contributed by atoms with E-state index in [0.717, 1.165) is 16.9 Å². The molecular formula is C13H12N2O4S. The Morgan fingerprint density at radius 3 is 2.80 bits per heavy atom. The summed E-state index contributed by atoms with van der Waals surface area (Å²) >= 11 is 1.14. The summed E-state index contributed by atoms with van der Waals surface area (Å²) in [6, 6.07) is 4.73. The molecule has 2 rings (SSSR count). The molecule has 1 aromatic heterocycles. The van der Waals surface area contributed by atoms with Crippen LogP contribution in [-0.4, -0.2) is 27.1 Å². The van der Waals surface area contributed by atoms with Crippen LogP contribution in [0.2, 0.25) is 0 Å². The van der Waals surface area contributed by atoms with Crippen LogP contribution in [0, 0.1) is 6.92 Å². The van der Waals surface area contributed by atoms with Gasteiger partial charge in [-0.05, 0) is 24.6 Å². The molecule has 0 aliphatic rings. The van der Waals surface area contributed by atoms with Gasteiger partial charge < -0.3 is 10.2 Å². The van der Waals surface area contributed by atoms with E-state index in [0.29, 0.717) is 10.8 Å². The summed E-state index contributed by atoms with van der Waals surface area (Å²) in [7, 11) is 0. The maximum absolute atomic E-state index is 12.0. The van der Waals surface area contributed by atoms with Gasteiger partial charge in [-0.25, -0.2) is 4.98 Å². The largest absolute Gasteiger partial charge is 0.507 e. The van der Waals surface area contributed by atoms with Crippen molar-refractivity contribution in [2.24, 2.45) is 0 Å². The number of carboxylic acid groups (broad SMARTS) is 1. The number of carbonyl (C=O) groups is 2. The van der Waals surface area contributed by atoms with Gasteiger partial charge in [-0.3, -0.25) is 14.9 Å². The molecule has 104 valence electrons. The van der Waals surface area contributed by atoms with Crippen molar-refractivity contribution in [2.75, 3.05) is 5.32 Å². The predicted molar refractivity (Wildman–Crippen MR) is 74.3 cm³/mol. The molecule has 0 fully saturated rings. The third-order valence-electron chi connectivity index (χ3n) is 2.50. The zero-order valence-corrected chi connectivity index (χ0v) is 11.4. The topological polar surface area (TPSA) is 99.5 Å². The highest BCUT2D eigenvalue weighted by Gasteiger charge is 2.13. The van der Waals surface area contributed by atoms with Crippen LogP contribution in [0.4, 0.5) is 5.13 Å². The molecule has 0 atom stereocenters. The van der Waals surface area contributed by atoms with E-state index in [9.17, 15) is 14.7 Å². The fourth-order valence-corrected chi connectivity index (χ4v) is 2.30. The molecule has 20 heavy (non-hydrogen) atoms. The van der Waals surface area contributed by atoms with E-state index in [2.05, 4.69) is 10.3 Å². The maximum Gasteiger partial charge on any atom is 0.309 e. The van der Waals surface area contributed by atoms with Gasteiger partial charge in [0.25, 0.3) is 5.91 Å². The number of phenolic OH excluding ortho intramolecular Hbond substituents is 1. The first-order valence-corrected chi connectivity index (χ1v) is 6.61. The lowest BCUT2D eigenvalue weighted by Gasteiger charge is -2.04. The van der Waals surface area contributed by atoms with Gasteiger partial charge in [0.15, 0.2) is 5.13 Å². The molecule has 1 heterocycles. The molecule has 0 radical (unpaired) electrons. The van der Waals surface area contributed by atoms with Gasteiger partial charge in [0.1, 0.15) is 5.75 Å². The summed E-state index contributed by atoms with van der Waals surface area (Å²) in [5.74, 6) is -1.58. The lowest BCUT2D eigenvalue weighted by atomic mass is 10.1. The minimum atomic E-state index is -0.982. The van der Waals surface area contributed by atoms with Crippen LogP contribution in [0.5, 0.6) is 5.75 Å². The Morgan fingerprint density at radius 2 is 2.15 bits per heavy atom. The van der Waals surface area contributed by atoms with E-state index < -0.39 is 11.9 Å². The Balaban J connectivity index is 2.11. The fraction of sp³-hybridized carbons (Fsp3) is 0.154. The molecule has 0 aliphatic heterocycles. The second-order valence-electron chi connectivity index (χ2n) is 4.19. The lowest BCUT2D eigenvalue weighted by Crippen LogP contribution is -2.12. The predicted octanol–water partition coefficient (Wildman–Crippen LogP) is 2.04. The number of carboxylic acids is 1. The number of carbonyl (C=O) groups excluding carboxylic acids is 1. The second-order valence-corrected chi connectivity index (χ2v) is 5.05. The number of amides is 1. The Morgan fingerprint density at radius 1 is 1.40 bits per heavy atom. The van der Waals surface area contributed by atoms with Gasteiger partial charge >= 0.3 is 5.97 Å². The summed E-state index contributed by atoms with van der Waals surface area (Å²) in [5, 5.41) is 22.7. The molecule has 1 amide bonds. The zero-order valence-electron chi connectivity index (χ0n) is 10.6. The van der Waals surface area contributed by atoms with Crippen molar-refractivity contribution in [1.82, 2.24) is 4.98 Å². The average Bonchev–Trinajstić information content (AvgIpc) is 2.75. The number of aliphatic carboxylic acids is 1. The first-order chi connectivity index (χ1) is 9.45. The number of hydrogen-bond donors (Lipinski definition) is 3. The van der Waals surface area contributed by atoms with Crippen molar-refractivity contribution >= 4 is 28.3 Å². The molecule has 0 unspecified atom stereocenters. The van der Waals surface area contributed by atoms with Crippen molar-refractivity contribution in [1.29, 1.82) is 0 Å². The van der Waals surface area contributed by atoms with Crippen molar-refractivity contribution in [3.05, 3.63) is 40.4 Å². The van der Waals surface area contributed by atoms with E-state index in [4.69, 9.17) is 5.11 Å². The van der Waals surface area contributed by atoms with Crippen molar-refractivity contribution < 1.29 is 19.8 Å². The van der Waals surface area contributed by atoms with E-state index in [1.807, 2.05) is 0 Å². The number of phenols is 1. The standard InChI is InChI=1S/C13H12N2O4S/c1-7-2-3-9(10(16)4-7)12(19)15-13-14-8(6-20-13)5-11(17)18/h2-4,6,16H,5H2,1H3,(H,17,18)(H,14,15,19). The zero-order chi connectivity index (χ0) is 14.7. The number of thiazole rings is 1. The van der Waals surface area contributed by atoms with Crippen LogP contribution in [0.3, 0.4) is 0 Å². The van der Waals surface area contributed by atoms with Crippen molar-refractivity contribution in [3.8, 4) is 5.75 Å². The summed E-state index contributed by atoms with van der Waals surface area (Å²) in [5.41, 5.74) is 1.37. The average molecular weight is 292 g/mol. The number of rotatable bonds is 4. The monoisotopic (exact) mass is 292 g/mol. The highest BCUT2D eigenvalue weighted by Crippen LogP contribution is 2.21. The smallest absolute Gasteiger partial charge is 0.309 e. The minimum Gasteiger partial charge on any atom is -0.507 e. The van der Waals surface area contributed by atoms with E-state index >= 15 is 0 Å². The molecule has 7 heteroatoms. The SMILES string of the molecule is Cc1ccc(C(=O)Nc2nc(CC(=O)O)cs2)c(O)c1. The number of nitrogens with zero attached hydrogens (tertiary/aromatic N) is 1. The second kappa shape index (κ2) is 5.70. The normalized spacial score (nSPS) is 10.2. The van der Waals surface area contributed by atoms with Crippen LogP contribution < -0.4 is 5.32 Å². The van der Waals surface area contributed by atoms with Gasteiger partial charge in [-0.15, -0.1) is 11.3 Å². The molecule has 0 aliphatic carbocycles. The highest BCUT2D eigenvalue weighted by molar-refractivity contribution is 7.14. The number of aromatic nitrogens is 1. The van der Waals surface area contributed by atoms with Gasteiger partial charge in [-0.2, -0.15) is 0 Å². The molecule has 1 aromatic carbocycles. The maximum atomic E-state index is 12.0. The molecule has 6 nitrogen and oxygen atoms in total. The molecule has 0 spiro atoms. The molecule has 0 bridgehead atoms. The number of hydrogen-bond acceptors (Lipinski definition) is 5. The molecule has 0 saturated carbocycles. The Bertz CT molecular complexity index is 666. The molecule has 0 saturated heterocycles. The van der Waals surface area contributed by atoms with Crippen molar-refractivity contribution in [3.63, 3.8) is 0 Å². The fourth-order valence-electron chi connectivity index (χ4n) is 1.60. The summed E-state index contributed by atoms with van der Waals surface area (Å²) in [6.45, 7) is 1.81. The molecule has 3 N–H and O–H groups in total. The van der Waals surface area contributed by atoms with E-state index in [1.165, 1.54) is 12.1 Å². The highest BCUT2D eigenvalue weighted by atomic mass is 32.1. The summed E-state index contributed by atoms with van der Waals surface area (Å²) < 4.78 is 0. The number of benzene rings is 1. The Labute approximate surface area is 118 Å². The third-order valence-corrected chi connectivity index (χ3v) is 3.31. The van der Waals surface area contributed by atoms with Gasteiger partial charge in [0, 0.05) is 5.38 Å². The van der Waals surface area contributed by atoms with Gasteiger partial charge in [0.05, 0.1) is 17.7 Å². The van der Waals surface area contributed by atoms with Crippen LogP contribution in [0.15, 0.2) is 23.6 Å². The van der Waals surface area contributed by atoms with Crippen LogP contribution in [0.25, 0.3) is 0 Å². The first kappa shape index (κ1) is 14.0. The van der Waals surface area contributed by atoms with Gasteiger partial charge in [-0.1, -0.05) is 6.07 Å². The third kappa shape index (κ3) is 3.33. The van der Waals surface area contributed by atoms with Crippen LogP contribution >= 0.6 is 11.3 Å². The van der Waals surface area contributed by atoms with Crippen LogP contribution in [-0.2, 0) is 11.2 Å². The summed E-state index contributed by atoms with van der Waals surface area (Å²) in [6.07, 6.45) is -0.192. The first-order valence-electron chi connectivity index (χ1n) is 5.73. The quantitative estimate of drug-likeness (QED) is 0.800. The lowest BCUT2D eigenvalue weighted by molar-refractivity contribution is -0.136.